The van der Waals surface area contributed by atoms with E-state index in [0.29, 0.717) is 17.3 Å². The van der Waals surface area contributed by atoms with Gasteiger partial charge in [0.2, 0.25) is 5.91 Å². The van der Waals surface area contributed by atoms with Gasteiger partial charge in [-0.05, 0) is 49.4 Å². The van der Waals surface area contributed by atoms with Crippen LogP contribution in [0, 0.1) is 5.82 Å². The molecule has 0 aromatic heterocycles. The summed E-state index contributed by atoms with van der Waals surface area (Å²) in [6.45, 7) is 5.69. The molecule has 0 radical (unpaired) electrons. The maximum absolute atomic E-state index is 13.6. The molecule has 0 saturated carbocycles. The number of piperazine rings is 1. The molecule has 0 unspecified atom stereocenters. The largest absolute Gasteiger partial charge is 0.496 e. The maximum atomic E-state index is 13.6. The summed E-state index contributed by atoms with van der Waals surface area (Å²) in [5.74, 6) is 0.393. The smallest absolute Gasteiger partial charge is 0.241 e. The minimum Gasteiger partial charge on any atom is -0.496 e. The Labute approximate surface area is 170 Å². The predicted octanol–water partition coefficient (Wildman–Crippen LogP) is 3.63. The SMILES string of the molecule is COc1ccc(F)cc1CN1CCN([C@@H](C)C(=O)Nc2ccc(Cl)cc2)CC1. The van der Waals surface area contributed by atoms with Crippen LogP contribution in [0.1, 0.15) is 12.5 Å². The van der Waals surface area contributed by atoms with E-state index < -0.39 is 0 Å². The summed E-state index contributed by atoms with van der Waals surface area (Å²) in [6.07, 6.45) is 0. The van der Waals surface area contributed by atoms with Gasteiger partial charge in [0.25, 0.3) is 0 Å². The number of hydrogen-bond acceptors (Lipinski definition) is 4. The fraction of sp³-hybridized carbons (Fsp3) is 0.381. The number of benzene rings is 2. The first-order valence-corrected chi connectivity index (χ1v) is 9.69. The highest BCUT2D eigenvalue weighted by Gasteiger charge is 2.26. The molecule has 2 aromatic carbocycles. The maximum Gasteiger partial charge on any atom is 0.241 e. The predicted molar refractivity (Wildman–Crippen MR) is 109 cm³/mol. The minimum atomic E-state index is -0.262. The van der Waals surface area contributed by atoms with Crippen LogP contribution in [0.25, 0.3) is 0 Å². The van der Waals surface area contributed by atoms with E-state index in [1.165, 1.54) is 12.1 Å². The minimum absolute atomic E-state index is 0.0393. The highest BCUT2D eigenvalue weighted by molar-refractivity contribution is 6.30. The summed E-state index contributed by atoms with van der Waals surface area (Å²) in [5, 5.41) is 3.56. The number of anilines is 1. The van der Waals surface area contributed by atoms with Gasteiger partial charge in [0.15, 0.2) is 0 Å². The van der Waals surface area contributed by atoms with E-state index in [-0.39, 0.29) is 17.8 Å². The lowest BCUT2D eigenvalue weighted by Gasteiger charge is -2.37. The van der Waals surface area contributed by atoms with Crippen LogP contribution in [0.3, 0.4) is 0 Å². The molecule has 1 amide bonds. The zero-order valence-electron chi connectivity index (χ0n) is 16.1. The van der Waals surface area contributed by atoms with Crippen molar-refractivity contribution in [3.63, 3.8) is 0 Å². The van der Waals surface area contributed by atoms with E-state index in [1.54, 1.807) is 37.4 Å². The third-order valence-corrected chi connectivity index (χ3v) is 5.33. The third kappa shape index (κ3) is 5.22. The molecule has 0 aliphatic carbocycles. The van der Waals surface area contributed by atoms with Crippen molar-refractivity contribution in [2.75, 3.05) is 38.6 Å². The third-order valence-electron chi connectivity index (χ3n) is 5.08. The van der Waals surface area contributed by atoms with E-state index in [9.17, 15) is 9.18 Å². The van der Waals surface area contributed by atoms with Gasteiger partial charge in [-0.2, -0.15) is 0 Å². The summed E-state index contributed by atoms with van der Waals surface area (Å²) >= 11 is 5.88. The fourth-order valence-corrected chi connectivity index (χ4v) is 3.49. The van der Waals surface area contributed by atoms with Crippen molar-refractivity contribution in [1.29, 1.82) is 0 Å². The van der Waals surface area contributed by atoms with Gasteiger partial charge in [-0.15, -0.1) is 0 Å². The van der Waals surface area contributed by atoms with Gasteiger partial charge in [0, 0.05) is 49.0 Å². The molecule has 0 bridgehead atoms. The Hall–Kier alpha value is -2.15. The number of ether oxygens (including phenoxy) is 1. The normalized spacial score (nSPS) is 16.6. The van der Waals surface area contributed by atoms with E-state index in [2.05, 4.69) is 15.1 Å². The van der Waals surface area contributed by atoms with E-state index >= 15 is 0 Å². The van der Waals surface area contributed by atoms with Crippen LogP contribution < -0.4 is 10.1 Å². The lowest BCUT2D eigenvalue weighted by atomic mass is 10.1. The van der Waals surface area contributed by atoms with Crippen molar-refractivity contribution in [2.45, 2.75) is 19.5 Å². The van der Waals surface area contributed by atoms with Crippen LogP contribution in [0.4, 0.5) is 10.1 Å². The second kappa shape index (κ2) is 9.37. The molecular weight excluding hydrogens is 381 g/mol. The lowest BCUT2D eigenvalue weighted by molar-refractivity contribution is -0.121. The number of nitrogens with zero attached hydrogens (tertiary/aromatic N) is 2. The molecular formula is C21H25ClFN3O2. The molecule has 5 nitrogen and oxygen atoms in total. The highest BCUT2D eigenvalue weighted by atomic mass is 35.5. The van der Waals surface area contributed by atoms with Gasteiger partial charge in [-0.25, -0.2) is 4.39 Å². The fourth-order valence-electron chi connectivity index (χ4n) is 3.37. The molecule has 1 heterocycles. The number of methoxy groups -OCH3 is 1. The van der Waals surface area contributed by atoms with Gasteiger partial charge in [0.05, 0.1) is 13.2 Å². The molecule has 1 saturated heterocycles. The second-order valence-electron chi connectivity index (χ2n) is 6.94. The van der Waals surface area contributed by atoms with Gasteiger partial charge in [-0.1, -0.05) is 11.6 Å². The summed E-state index contributed by atoms with van der Waals surface area (Å²) in [6, 6.07) is 11.4. The molecule has 1 atom stereocenters. The monoisotopic (exact) mass is 405 g/mol. The Morgan fingerprint density at radius 1 is 1.18 bits per heavy atom. The number of amides is 1. The topological polar surface area (TPSA) is 44.8 Å². The molecule has 1 aliphatic rings. The molecule has 28 heavy (non-hydrogen) atoms. The number of nitrogens with one attached hydrogen (secondary N) is 1. The van der Waals surface area contributed by atoms with Crippen molar-refractivity contribution in [1.82, 2.24) is 9.80 Å². The number of hydrogen-bond donors (Lipinski definition) is 1. The van der Waals surface area contributed by atoms with Crippen LogP contribution in [0.15, 0.2) is 42.5 Å². The number of halogens is 2. The van der Waals surface area contributed by atoms with Crippen LogP contribution >= 0.6 is 11.6 Å². The standard InChI is InChI=1S/C21H25ClFN3O2/c1-15(21(27)24-19-6-3-17(22)4-7-19)26-11-9-25(10-12-26)14-16-13-18(23)5-8-20(16)28-2/h3-8,13,15H,9-12,14H2,1-2H3,(H,24,27)/t15-/m0/s1. The van der Waals surface area contributed by atoms with E-state index in [1.807, 2.05) is 6.92 Å². The number of carbonyl (C=O) groups excluding carboxylic acids is 1. The van der Waals surface area contributed by atoms with Gasteiger partial charge >= 0.3 is 0 Å². The highest BCUT2D eigenvalue weighted by Crippen LogP contribution is 2.22. The van der Waals surface area contributed by atoms with Crippen molar-refractivity contribution >= 4 is 23.2 Å². The van der Waals surface area contributed by atoms with E-state index in [0.717, 1.165) is 37.4 Å². The Kier molecular flexibility index (Phi) is 6.88. The molecule has 2 aromatic rings. The van der Waals surface area contributed by atoms with Crippen LogP contribution in [-0.4, -0.2) is 55.0 Å². The molecule has 0 spiro atoms. The number of carbonyl (C=O) groups is 1. The lowest BCUT2D eigenvalue weighted by Crippen LogP contribution is -2.52. The average Bonchev–Trinajstić information content (AvgIpc) is 2.70. The number of rotatable bonds is 6. The van der Waals surface area contributed by atoms with Crippen LogP contribution in [-0.2, 0) is 11.3 Å². The van der Waals surface area contributed by atoms with Gasteiger partial charge in [0.1, 0.15) is 11.6 Å². The summed E-state index contributed by atoms with van der Waals surface area (Å²) in [7, 11) is 1.59. The molecule has 7 heteroatoms. The Balaban J connectivity index is 1.52. The van der Waals surface area contributed by atoms with Gasteiger partial charge in [-0.3, -0.25) is 14.6 Å². The van der Waals surface area contributed by atoms with Crippen LogP contribution in [0.2, 0.25) is 5.02 Å². The van der Waals surface area contributed by atoms with Crippen molar-refractivity contribution < 1.29 is 13.9 Å². The quantitative estimate of drug-likeness (QED) is 0.797. The Morgan fingerprint density at radius 3 is 2.50 bits per heavy atom. The van der Waals surface area contributed by atoms with Gasteiger partial charge < -0.3 is 10.1 Å². The average molecular weight is 406 g/mol. The zero-order valence-corrected chi connectivity index (χ0v) is 16.9. The zero-order chi connectivity index (χ0) is 20.1. The molecule has 1 N–H and O–H groups in total. The Morgan fingerprint density at radius 2 is 1.86 bits per heavy atom. The first-order valence-electron chi connectivity index (χ1n) is 9.31. The molecule has 150 valence electrons. The summed E-state index contributed by atoms with van der Waals surface area (Å²) < 4.78 is 18.9. The van der Waals surface area contributed by atoms with Crippen molar-refractivity contribution in [3.05, 3.63) is 58.9 Å². The first-order chi connectivity index (χ1) is 13.5. The van der Waals surface area contributed by atoms with Crippen molar-refractivity contribution in [3.8, 4) is 5.75 Å². The van der Waals surface area contributed by atoms with Crippen LogP contribution in [0.5, 0.6) is 5.75 Å². The first kappa shape index (κ1) is 20.6. The van der Waals surface area contributed by atoms with Crippen molar-refractivity contribution in [2.24, 2.45) is 0 Å². The second-order valence-corrected chi connectivity index (χ2v) is 7.38. The summed E-state index contributed by atoms with van der Waals surface area (Å²) in [4.78, 5) is 16.9. The summed E-state index contributed by atoms with van der Waals surface area (Å²) in [5.41, 5.74) is 1.57. The molecule has 3 rings (SSSR count). The molecule has 1 fully saturated rings. The van der Waals surface area contributed by atoms with E-state index in [4.69, 9.17) is 16.3 Å². The molecule has 1 aliphatic heterocycles. The Bertz CT molecular complexity index is 808.